The summed E-state index contributed by atoms with van der Waals surface area (Å²) < 4.78 is 0. The van der Waals surface area contributed by atoms with Gasteiger partial charge in [0.15, 0.2) is 0 Å². The van der Waals surface area contributed by atoms with Crippen LogP contribution in [0.15, 0.2) is 0 Å². The molecule has 18 heavy (non-hydrogen) atoms. The van der Waals surface area contributed by atoms with Crippen molar-refractivity contribution in [1.82, 2.24) is 15.1 Å². The number of nitrogens with zero attached hydrogens (tertiary/aromatic N) is 2. The van der Waals surface area contributed by atoms with Crippen LogP contribution in [0.25, 0.3) is 0 Å². The van der Waals surface area contributed by atoms with Crippen LogP contribution in [-0.2, 0) is 0 Å². The minimum atomic E-state index is 0.700. The van der Waals surface area contributed by atoms with Gasteiger partial charge in [-0.3, -0.25) is 0 Å². The van der Waals surface area contributed by atoms with Crippen molar-refractivity contribution in [2.75, 3.05) is 46.8 Å². The maximum Gasteiger partial charge on any atom is 0.00680 e. The van der Waals surface area contributed by atoms with Crippen LogP contribution in [0.5, 0.6) is 0 Å². The molecule has 0 aromatic carbocycles. The van der Waals surface area contributed by atoms with E-state index in [1.54, 1.807) is 0 Å². The van der Waals surface area contributed by atoms with Gasteiger partial charge in [-0.15, -0.1) is 0 Å². The van der Waals surface area contributed by atoms with Gasteiger partial charge in [-0.05, 0) is 84.7 Å². The predicted molar refractivity (Wildman–Crippen MR) is 77.9 cm³/mol. The van der Waals surface area contributed by atoms with Crippen molar-refractivity contribution in [2.24, 2.45) is 11.8 Å². The normalized spacial score (nSPS) is 30.5. The molecule has 1 N–H and O–H groups in total. The van der Waals surface area contributed by atoms with Crippen molar-refractivity contribution in [3.05, 3.63) is 0 Å². The molecule has 3 nitrogen and oxygen atoms in total. The monoisotopic (exact) mass is 253 g/mol. The van der Waals surface area contributed by atoms with Crippen molar-refractivity contribution in [2.45, 2.75) is 38.6 Å². The molecule has 0 spiro atoms. The summed E-state index contributed by atoms with van der Waals surface area (Å²) in [5.74, 6) is 1.76. The minimum Gasteiger partial charge on any atom is -0.314 e. The van der Waals surface area contributed by atoms with Gasteiger partial charge in [-0.25, -0.2) is 0 Å². The first kappa shape index (κ1) is 14.3. The zero-order valence-corrected chi connectivity index (χ0v) is 12.5. The molecule has 2 aliphatic heterocycles. The summed E-state index contributed by atoms with van der Waals surface area (Å²) >= 11 is 0. The van der Waals surface area contributed by atoms with E-state index in [-0.39, 0.29) is 0 Å². The number of nitrogens with one attached hydrogen (secondary N) is 1. The van der Waals surface area contributed by atoms with E-state index < -0.39 is 0 Å². The molecule has 2 saturated heterocycles. The zero-order valence-electron chi connectivity index (χ0n) is 12.5. The maximum absolute atomic E-state index is 3.81. The van der Waals surface area contributed by atoms with Crippen LogP contribution in [0.2, 0.25) is 0 Å². The molecule has 0 amide bonds. The van der Waals surface area contributed by atoms with Crippen molar-refractivity contribution in [3.63, 3.8) is 0 Å². The average Bonchev–Trinajstić information content (AvgIpc) is 2.37. The highest BCUT2D eigenvalue weighted by Gasteiger charge is 2.23. The highest BCUT2D eigenvalue weighted by Crippen LogP contribution is 2.20. The van der Waals surface area contributed by atoms with E-state index in [0.717, 1.165) is 11.8 Å². The Morgan fingerprint density at radius 1 is 1.06 bits per heavy atom. The van der Waals surface area contributed by atoms with Gasteiger partial charge in [-0.1, -0.05) is 0 Å². The molecule has 2 unspecified atom stereocenters. The van der Waals surface area contributed by atoms with Crippen LogP contribution in [0.3, 0.4) is 0 Å². The third-order valence-corrected chi connectivity index (χ3v) is 4.92. The molecular formula is C15H31N3. The number of rotatable bonds is 4. The Morgan fingerprint density at radius 3 is 2.44 bits per heavy atom. The number of likely N-dealkylation sites (tertiary alicyclic amines) is 2. The number of piperidine rings is 2. The van der Waals surface area contributed by atoms with Gasteiger partial charge in [0.1, 0.15) is 0 Å². The van der Waals surface area contributed by atoms with E-state index in [2.05, 4.69) is 36.1 Å². The van der Waals surface area contributed by atoms with E-state index in [1.165, 1.54) is 58.4 Å². The lowest BCUT2D eigenvalue weighted by Crippen LogP contribution is -2.44. The van der Waals surface area contributed by atoms with Gasteiger partial charge in [0, 0.05) is 12.6 Å². The Kier molecular flexibility index (Phi) is 5.46. The molecule has 2 rings (SSSR count). The lowest BCUT2D eigenvalue weighted by Gasteiger charge is -2.35. The minimum absolute atomic E-state index is 0.700. The summed E-state index contributed by atoms with van der Waals surface area (Å²) in [5, 5.41) is 3.81. The van der Waals surface area contributed by atoms with Gasteiger partial charge in [-0.2, -0.15) is 0 Å². The summed E-state index contributed by atoms with van der Waals surface area (Å²) in [6.45, 7) is 8.75. The summed E-state index contributed by atoms with van der Waals surface area (Å²) in [6, 6.07) is 0.700. The molecule has 0 saturated carbocycles. The Labute approximate surface area is 113 Å². The van der Waals surface area contributed by atoms with Crippen LogP contribution in [-0.4, -0.2) is 62.7 Å². The van der Waals surface area contributed by atoms with Crippen molar-refractivity contribution in [1.29, 1.82) is 0 Å². The Hall–Kier alpha value is -0.120. The van der Waals surface area contributed by atoms with Crippen molar-refractivity contribution < 1.29 is 0 Å². The first-order valence-corrected chi connectivity index (χ1v) is 7.75. The van der Waals surface area contributed by atoms with Gasteiger partial charge < -0.3 is 15.1 Å². The molecule has 0 aromatic heterocycles. The molecule has 2 atom stereocenters. The third-order valence-electron chi connectivity index (χ3n) is 4.92. The lowest BCUT2D eigenvalue weighted by atomic mass is 9.90. The smallest absolute Gasteiger partial charge is 0.00680 e. The second kappa shape index (κ2) is 6.88. The summed E-state index contributed by atoms with van der Waals surface area (Å²) in [5.41, 5.74) is 0. The first-order valence-electron chi connectivity index (χ1n) is 7.75. The fourth-order valence-corrected chi connectivity index (χ4v) is 3.49. The van der Waals surface area contributed by atoms with Gasteiger partial charge >= 0.3 is 0 Å². The fourth-order valence-electron chi connectivity index (χ4n) is 3.49. The quantitative estimate of drug-likeness (QED) is 0.822. The molecule has 3 heteroatoms. The SMILES string of the molecule is CC(NCC1CCCN(C)C1)C1CCN(C)CC1. The number of hydrogen-bond donors (Lipinski definition) is 1. The standard InChI is InChI=1S/C15H31N3/c1-13(15-6-9-17(2)10-7-15)16-11-14-5-4-8-18(3)12-14/h13-16H,4-12H2,1-3H3. The van der Waals surface area contributed by atoms with Gasteiger partial charge in [0.25, 0.3) is 0 Å². The van der Waals surface area contributed by atoms with E-state index in [9.17, 15) is 0 Å². The Bertz CT molecular complexity index is 236. The van der Waals surface area contributed by atoms with Crippen molar-refractivity contribution in [3.8, 4) is 0 Å². The predicted octanol–water partition coefficient (Wildman–Crippen LogP) is 1.65. The molecule has 0 bridgehead atoms. The summed E-state index contributed by atoms with van der Waals surface area (Å²) in [7, 11) is 4.50. The second-order valence-corrected chi connectivity index (χ2v) is 6.61. The highest BCUT2D eigenvalue weighted by molar-refractivity contribution is 4.80. The average molecular weight is 253 g/mol. The Morgan fingerprint density at radius 2 is 1.78 bits per heavy atom. The van der Waals surface area contributed by atoms with Crippen LogP contribution in [0.4, 0.5) is 0 Å². The van der Waals surface area contributed by atoms with E-state index >= 15 is 0 Å². The summed E-state index contributed by atoms with van der Waals surface area (Å²) in [6.07, 6.45) is 5.54. The van der Waals surface area contributed by atoms with Gasteiger partial charge in [0.2, 0.25) is 0 Å². The topological polar surface area (TPSA) is 18.5 Å². The highest BCUT2D eigenvalue weighted by atomic mass is 15.1. The molecule has 2 heterocycles. The van der Waals surface area contributed by atoms with E-state index in [0.29, 0.717) is 6.04 Å². The molecular weight excluding hydrogens is 222 g/mol. The molecule has 0 aromatic rings. The third kappa shape index (κ3) is 4.22. The summed E-state index contributed by atoms with van der Waals surface area (Å²) in [4.78, 5) is 4.94. The van der Waals surface area contributed by atoms with Crippen molar-refractivity contribution >= 4 is 0 Å². The maximum atomic E-state index is 3.81. The lowest BCUT2D eigenvalue weighted by molar-refractivity contribution is 0.172. The van der Waals surface area contributed by atoms with E-state index in [1.807, 2.05) is 0 Å². The van der Waals surface area contributed by atoms with Crippen LogP contribution in [0.1, 0.15) is 32.6 Å². The van der Waals surface area contributed by atoms with Crippen LogP contribution in [0, 0.1) is 11.8 Å². The first-order chi connectivity index (χ1) is 8.65. The molecule has 2 fully saturated rings. The number of hydrogen-bond acceptors (Lipinski definition) is 3. The van der Waals surface area contributed by atoms with E-state index in [4.69, 9.17) is 0 Å². The molecule has 106 valence electrons. The Balaban J connectivity index is 1.66. The second-order valence-electron chi connectivity index (χ2n) is 6.61. The molecule has 0 aliphatic carbocycles. The zero-order chi connectivity index (χ0) is 13.0. The fraction of sp³-hybridized carbons (Fsp3) is 1.00. The van der Waals surface area contributed by atoms with Gasteiger partial charge in [0.05, 0.1) is 0 Å². The van der Waals surface area contributed by atoms with Crippen LogP contribution >= 0.6 is 0 Å². The van der Waals surface area contributed by atoms with Crippen LogP contribution < -0.4 is 5.32 Å². The largest absolute Gasteiger partial charge is 0.314 e. The molecule has 0 radical (unpaired) electrons. The molecule has 2 aliphatic rings.